The zero-order valence-electron chi connectivity index (χ0n) is 13.8. The molecule has 6 nitrogen and oxygen atoms in total. The quantitative estimate of drug-likeness (QED) is 0.802. The molecule has 2 atom stereocenters. The summed E-state index contributed by atoms with van der Waals surface area (Å²) in [4.78, 5) is 9.33. The molecule has 6 heteroatoms. The summed E-state index contributed by atoms with van der Waals surface area (Å²) >= 11 is 0. The van der Waals surface area contributed by atoms with Crippen molar-refractivity contribution in [3.63, 3.8) is 0 Å². The molecule has 0 aromatic carbocycles. The Hall–Kier alpha value is -0.980. The highest BCUT2D eigenvalue weighted by Crippen LogP contribution is 2.12. The predicted molar refractivity (Wildman–Crippen MR) is 83.4 cm³/mol. The summed E-state index contributed by atoms with van der Waals surface area (Å²) in [5.41, 5.74) is 0. The van der Waals surface area contributed by atoms with Gasteiger partial charge in [-0.3, -0.25) is 0 Å². The van der Waals surface area contributed by atoms with E-state index in [0.717, 1.165) is 57.2 Å². The first-order valence-corrected chi connectivity index (χ1v) is 8.06. The maximum atomic E-state index is 5.41. The normalized spacial score (nSPS) is 22.6. The molecule has 1 aromatic rings. The molecule has 1 aliphatic heterocycles. The summed E-state index contributed by atoms with van der Waals surface area (Å²) in [6.07, 6.45) is 2.75. The van der Waals surface area contributed by atoms with E-state index in [2.05, 4.69) is 53.2 Å². The van der Waals surface area contributed by atoms with Crippen molar-refractivity contribution in [2.75, 3.05) is 40.3 Å². The fraction of sp³-hybridized carbons (Fsp3) is 0.867. The van der Waals surface area contributed by atoms with Crippen LogP contribution in [0.25, 0.3) is 0 Å². The SMILES string of the molecule is CCNC(CC)Cc1nc(CC2CN(C)CCN2C)no1. The Kier molecular flexibility index (Phi) is 6.14. The second kappa shape index (κ2) is 7.87. The topological polar surface area (TPSA) is 57.4 Å². The minimum absolute atomic E-state index is 0.423. The molecule has 1 N–H and O–H groups in total. The Morgan fingerprint density at radius 1 is 1.33 bits per heavy atom. The van der Waals surface area contributed by atoms with E-state index in [0.29, 0.717) is 12.1 Å². The maximum absolute atomic E-state index is 5.41. The van der Waals surface area contributed by atoms with Gasteiger partial charge in [0.05, 0.1) is 0 Å². The van der Waals surface area contributed by atoms with Crippen molar-refractivity contribution in [3.8, 4) is 0 Å². The minimum atomic E-state index is 0.423. The van der Waals surface area contributed by atoms with Crippen LogP contribution in [0.4, 0.5) is 0 Å². The molecule has 1 saturated heterocycles. The van der Waals surface area contributed by atoms with E-state index < -0.39 is 0 Å². The molecular formula is C15H29N5O. The molecule has 0 amide bonds. The number of piperazine rings is 1. The number of nitrogens with one attached hydrogen (secondary N) is 1. The highest BCUT2D eigenvalue weighted by Gasteiger charge is 2.24. The Balaban J connectivity index is 1.90. The molecule has 0 spiro atoms. The molecule has 120 valence electrons. The minimum Gasteiger partial charge on any atom is -0.339 e. The summed E-state index contributed by atoms with van der Waals surface area (Å²) in [5.74, 6) is 1.59. The van der Waals surface area contributed by atoms with Crippen molar-refractivity contribution >= 4 is 0 Å². The number of hydrogen-bond donors (Lipinski definition) is 1. The van der Waals surface area contributed by atoms with Crippen LogP contribution in [0, 0.1) is 0 Å². The second-order valence-electron chi connectivity index (χ2n) is 6.07. The average molecular weight is 295 g/mol. The Labute approximate surface area is 127 Å². The van der Waals surface area contributed by atoms with Gasteiger partial charge in [0.25, 0.3) is 0 Å². The Bertz CT molecular complexity index is 422. The van der Waals surface area contributed by atoms with Gasteiger partial charge in [-0.2, -0.15) is 4.98 Å². The van der Waals surface area contributed by atoms with E-state index in [9.17, 15) is 0 Å². The fourth-order valence-electron chi connectivity index (χ4n) is 2.85. The van der Waals surface area contributed by atoms with Gasteiger partial charge in [-0.1, -0.05) is 19.0 Å². The largest absolute Gasteiger partial charge is 0.339 e. The molecular weight excluding hydrogens is 266 g/mol. The van der Waals surface area contributed by atoms with Crippen LogP contribution in [-0.4, -0.2) is 72.3 Å². The Morgan fingerprint density at radius 3 is 2.86 bits per heavy atom. The molecule has 2 rings (SSSR count). The van der Waals surface area contributed by atoms with Crippen LogP contribution in [0.1, 0.15) is 32.0 Å². The van der Waals surface area contributed by atoms with Gasteiger partial charge in [0.1, 0.15) is 0 Å². The molecule has 1 aromatic heterocycles. The van der Waals surface area contributed by atoms with Gasteiger partial charge in [-0.15, -0.1) is 0 Å². The maximum Gasteiger partial charge on any atom is 0.228 e. The highest BCUT2D eigenvalue weighted by molar-refractivity contribution is 4.94. The summed E-state index contributed by atoms with van der Waals surface area (Å²) in [5, 5.41) is 7.60. The van der Waals surface area contributed by atoms with Crippen molar-refractivity contribution in [2.45, 2.75) is 45.2 Å². The van der Waals surface area contributed by atoms with E-state index in [1.165, 1.54) is 0 Å². The van der Waals surface area contributed by atoms with Crippen molar-refractivity contribution in [1.29, 1.82) is 0 Å². The fourth-order valence-corrected chi connectivity index (χ4v) is 2.85. The van der Waals surface area contributed by atoms with Gasteiger partial charge < -0.3 is 19.6 Å². The smallest absolute Gasteiger partial charge is 0.228 e. The van der Waals surface area contributed by atoms with Gasteiger partial charge in [0.15, 0.2) is 5.82 Å². The van der Waals surface area contributed by atoms with Gasteiger partial charge >= 0.3 is 0 Å². The predicted octanol–water partition coefficient (Wildman–Crippen LogP) is 0.789. The van der Waals surface area contributed by atoms with Crippen LogP contribution in [0.15, 0.2) is 4.52 Å². The van der Waals surface area contributed by atoms with Crippen molar-refractivity contribution in [1.82, 2.24) is 25.3 Å². The molecule has 0 bridgehead atoms. The van der Waals surface area contributed by atoms with Gasteiger partial charge in [0.2, 0.25) is 5.89 Å². The summed E-state index contributed by atoms with van der Waals surface area (Å²) in [7, 11) is 4.35. The van der Waals surface area contributed by atoms with Crippen LogP contribution in [-0.2, 0) is 12.8 Å². The lowest BCUT2D eigenvalue weighted by atomic mass is 10.1. The third-order valence-corrected chi connectivity index (χ3v) is 4.32. The third-order valence-electron chi connectivity index (χ3n) is 4.32. The number of hydrogen-bond acceptors (Lipinski definition) is 6. The monoisotopic (exact) mass is 295 g/mol. The average Bonchev–Trinajstić information content (AvgIpc) is 2.89. The first-order chi connectivity index (χ1) is 10.1. The van der Waals surface area contributed by atoms with E-state index in [1.54, 1.807) is 0 Å². The molecule has 0 saturated carbocycles. The lowest BCUT2D eigenvalue weighted by Gasteiger charge is -2.37. The number of likely N-dealkylation sites (N-methyl/N-ethyl adjacent to an activating group) is 3. The molecule has 0 aliphatic carbocycles. The van der Waals surface area contributed by atoms with E-state index in [-0.39, 0.29) is 0 Å². The molecule has 2 unspecified atom stereocenters. The van der Waals surface area contributed by atoms with Gasteiger partial charge in [0, 0.05) is 44.6 Å². The standard InChI is InChI=1S/C15H29N5O/c1-5-12(16-6-2)9-15-17-14(18-21-15)10-13-11-19(3)7-8-20(13)4/h12-13,16H,5-11H2,1-4H3. The first-order valence-electron chi connectivity index (χ1n) is 8.06. The van der Waals surface area contributed by atoms with Crippen LogP contribution in [0.5, 0.6) is 0 Å². The second-order valence-corrected chi connectivity index (χ2v) is 6.07. The Morgan fingerprint density at radius 2 is 2.14 bits per heavy atom. The van der Waals surface area contributed by atoms with Crippen molar-refractivity contribution < 1.29 is 4.52 Å². The third kappa shape index (κ3) is 4.76. The molecule has 0 radical (unpaired) electrons. The number of nitrogens with zero attached hydrogens (tertiary/aromatic N) is 4. The molecule has 1 fully saturated rings. The van der Waals surface area contributed by atoms with Crippen LogP contribution in [0.2, 0.25) is 0 Å². The number of aromatic nitrogens is 2. The molecule has 21 heavy (non-hydrogen) atoms. The van der Waals surface area contributed by atoms with Crippen LogP contribution >= 0.6 is 0 Å². The van der Waals surface area contributed by atoms with Gasteiger partial charge in [-0.05, 0) is 27.1 Å². The molecule has 1 aliphatic rings. The number of rotatable bonds is 7. The highest BCUT2D eigenvalue weighted by atomic mass is 16.5. The zero-order valence-corrected chi connectivity index (χ0v) is 13.8. The summed E-state index contributed by atoms with van der Waals surface area (Å²) in [6.45, 7) is 8.57. The van der Waals surface area contributed by atoms with E-state index >= 15 is 0 Å². The van der Waals surface area contributed by atoms with Crippen LogP contribution < -0.4 is 5.32 Å². The lowest BCUT2D eigenvalue weighted by Crippen LogP contribution is -2.50. The summed E-state index contributed by atoms with van der Waals surface area (Å²) in [6, 6.07) is 0.900. The van der Waals surface area contributed by atoms with Gasteiger partial charge in [-0.25, -0.2) is 0 Å². The van der Waals surface area contributed by atoms with Crippen LogP contribution in [0.3, 0.4) is 0 Å². The lowest BCUT2D eigenvalue weighted by molar-refractivity contribution is 0.113. The van der Waals surface area contributed by atoms with E-state index in [1.807, 2.05) is 0 Å². The van der Waals surface area contributed by atoms with Crippen molar-refractivity contribution in [2.24, 2.45) is 0 Å². The first kappa shape index (κ1) is 16.4. The van der Waals surface area contributed by atoms with Crippen molar-refractivity contribution in [3.05, 3.63) is 11.7 Å². The zero-order chi connectivity index (χ0) is 15.2. The summed E-state index contributed by atoms with van der Waals surface area (Å²) < 4.78 is 5.41. The van der Waals surface area contributed by atoms with E-state index in [4.69, 9.17) is 4.52 Å². The molecule has 2 heterocycles.